The van der Waals surface area contributed by atoms with Crippen LogP contribution in [0, 0.1) is 0 Å². The number of allylic oxidation sites excluding steroid dienone is 1. The van der Waals surface area contributed by atoms with Gasteiger partial charge in [0.05, 0.1) is 19.8 Å². The van der Waals surface area contributed by atoms with Gasteiger partial charge >= 0.3 is 5.97 Å². The number of carbonyl (C=O) groups is 1. The van der Waals surface area contributed by atoms with Gasteiger partial charge in [-0.3, -0.25) is 0 Å². The van der Waals surface area contributed by atoms with Gasteiger partial charge in [0.25, 0.3) is 0 Å². The molecule has 0 unspecified atom stereocenters. The van der Waals surface area contributed by atoms with Crippen LogP contribution >= 0.6 is 0 Å². The maximum Gasteiger partial charge on any atom is 0.343 e. The van der Waals surface area contributed by atoms with E-state index >= 15 is 0 Å². The van der Waals surface area contributed by atoms with Crippen LogP contribution in [0.1, 0.15) is 22.8 Å². The monoisotopic (exact) mass is 314 g/mol. The van der Waals surface area contributed by atoms with E-state index < -0.39 is 5.97 Å². The molecule has 1 N–H and O–H groups in total. The van der Waals surface area contributed by atoms with Gasteiger partial charge in [-0.15, -0.1) is 0 Å². The van der Waals surface area contributed by atoms with Crippen LogP contribution in [-0.4, -0.2) is 25.3 Å². The highest BCUT2D eigenvalue weighted by Gasteiger charge is 2.14. The van der Waals surface area contributed by atoms with Gasteiger partial charge in [0.15, 0.2) is 23.0 Å². The Balaban J connectivity index is 2.26. The quantitative estimate of drug-likeness (QED) is 0.674. The van der Waals surface area contributed by atoms with Crippen molar-refractivity contribution < 1.29 is 24.1 Å². The van der Waals surface area contributed by atoms with Crippen LogP contribution in [0.3, 0.4) is 0 Å². The van der Waals surface area contributed by atoms with E-state index in [1.807, 2.05) is 25.1 Å². The van der Waals surface area contributed by atoms with Crippen molar-refractivity contribution in [3.63, 3.8) is 0 Å². The van der Waals surface area contributed by atoms with Crippen LogP contribution < -0.4 is 14.2 Å². The molecule has 0 saturated carbocycles. The number of aromatic hydroxyl groups is 1. The number of hydrogen-bond donors (Lipinski definition) is 1. The molecule has 2 aromatic rings. The number of benzene rings is 2. The lowest BCUT2D eigenvalue weighted by Crippen LogP contribution is -2.09. The molecule has 0 spiro atoms. The first kappa shape index (κ1) is 16.4. The summed E-state index contributed by atoms with van der Waals surface area (Å²) in [5.41, 5.74) is 1.20. The zero-order chi connectivity index (χ0) is 16.8. The smallest absolute Gasteiger partial charge is 0.343 e. The molecule has 0 bridgehead atoms. The van der Waals surface area contributed by atoms with Gasteiger partial charge in [0.1, 0.15) is 0 Å². The van der Waals surface area contributed by atoms with Gasteiger partial charge in [-0.2, -0.15) is 0 Å². The van der Waals surface area contributed by atoms with E-state index in [0.29, 0.717) is 11.5 Å². The van der Waals surface area contributed by atoms with E-state index in [0.717, 1.165) is 5.56 Å². The topological polar surface area (TPSA) is 65.0 Å². The van der Waals surface area contributed by atoms with Gasteiger partial charge in [-0.1, -0.05) is 18.2 Å². The Kier molecular flexibility index (Phi) is 5.25. The number of ether oxygens (including phenoxy) is 3. The first-order valence-electron chi connectivity index (χ1n) is 6.99. The average Bonchev–Trinajstić information content (AvgIpc) is 2.56. The summed E-state index contributed by atoms with van der Waals surface area (Å²) in [6.45, 7) is 1.92. The predicted octanol–water partition coefficient (Wildman–Crippen LogP) is 3.66. The minimum Gasteiger partial charge on any atom is -0.504 e. The molecule has 0 aromatic heterocycles. The molecule has 5 heteroatoms. The molecule has 0 radical (unpaired) electrons. The van der Waals surface area contributed by atoms with Crippen LogP contribution in [0.15, 0.2) is 42.5 Å². The molecule has 0 heterocycles. The lowest BCUT2D eigenvalue weighted by molar-refractivity contribution is 0.0729. The van der Waals surface area contributed by atoms with E-state index in [1.165, 1.54) is 32.4 Å². The van der Waals surface area contributed by atoms with Gasteiger partial charge in [-0.25, -0.2) is 4.79 Å². The summed E-state index contributed by atoms with van der Waals surface area (Å²) in [4.78, 5) is 12.2. The molecule has 2 aromatic carbocycles. The summed E-state index contributed by atoms with van der Waals surface area (Å²) < 4.78 is 15.6. The normalized spacial score (nSPS) is 10.6. The van der Waals surface area contributed by atoms with E-state index in [9.17, 15) is 9.90 Å². The molecule has 0 amide bonds. The summed E-state index contributed by atoms with van der Waals surface area (Å²) in [6, 6.07) is 9.52. The Morgan fingerprint density at radius 3 is 2.39 bits per heavy atom. The number of phenols is 1. The summed E-state index contributed by atoms with van der Waals surface area (Å²) in [6.07, 6.45) is 3.82. The molecule has 5 nitrogen and oxygen atoms in total. The molecular formula is C18H18O5. The van der Waals surface area contributed by atoms with Crippen LogP contribution in [0.2, 0.25) is 0 Å². The van der Waals surface area contributed by atoms with E-state index in [1.54, 1.807) is 12.1 Å². The molecule has 23 heavy (non-hydrogen) atoms. The number of hydrogen-bond acceptors (Lipinski definition) is 5. The third-order valence-corrected chi connectivity index (χ3v) is 3.16. The van der Waals surface area contributed by atoms with E-state index in [-0.39, 0.29) is 17.1 Å². The summed E-state index contributed by atoms with van der Waals surface area (Å²) in [5.74, 6) is 0.366. The predicted molar refractivity (Wildman–Crippen MR) is 87.3 cm³/mol. The molecule has 0 fully saturated rings. The Morgan fingerprint density at radius 1 is 1.00 bits per heavy atom. The zero-order valence-electron chi connectivity index (χ0n) is 13.2. The van der Waals surface area contributed by atoms with Crippen LogP contribution in [0.5, 0.6) is 23.0 Å². The van der Waals surface area contributed by atoms with Crippen molar-refractivity contribution in [2.24, 2.45) is 0 Å². The summed E-state index contributed by atoms with van der Waals surface area (Å²) in [7, 11) is 2.92. The highest BCUT2D eigenvalue weighted by molar-refractivity contribution is 5.92. The molecule has 0 aliphatic rings. The molecule has 0 atom stereocenters. The largest absolute Gasteiger partial charge is 0.504 e. The van der Waals surface area contributed by atoms with E-state index in [4.69, 9.17) is 14.2 Å². The first-order chi connectivity index (χ1) is 11.1. The van der Waals surface area contributed by atoms with Crippen molar-refractivity contribution in [2.45, 2.75) is 6.92 Å². The van der Waals surface area contributed by atoms with Crippen LogP contribution in [0.4, 0.5) is 0 Å². The number of phenolic OH excluding ortho intramolecular Hbond substituents is 1. The van der Waals surface area contributed by atoms with Gasteiger partial charge in [-0.05, 0) is 42.8 Å². The average molecular weight is 314 g/mol. The molecular weight excluding hydrogens is 296 g/mol. The number of rotatable bonds is 5. The molecule has 0 aliphatic heterocycles. The number of methoxy groups -OCH3 is 2. The molecule has 120 valence electrons. The highest BCUT2D eigenvalue weighted by Crippen LogP contribution is 2.31. The van der Waals surface area contributed by atoms with Crippen molar-refractivity contribution in [1.82, 2.24) is 0 Å². The van der Waals surface area contributed by atoms with Crippen molar-refractivity contribution in [3.05, 3.63) is 53.6 Å². The first-order valence-corrected chi connectivity index (χ1v) is 6.99. The van der Waals surface area contributed by atoms with Crippen molar-refractivity contribution >= 4 is 12.0 Å². The summed E-state index contributed by atoms with van der Waals surface area (Å²) >= 11 is 0. The number of carbonyl (C=O) groups excluding carboxylic acids is 1. The summed E-state index contributed by atoms with van der Waals surface area (Å²) in [5, 5.41) is 9.57. The Morgan fingerprint density at radius 2 is 1.74 bits per heavy atom. The SMILES string of the molecule is C/C=C/c1ccc(OC(=O)c2ccc(O)c(OC)c2)c(OC)c1. The third kappa shape index (κ3) is 3.83. The van der Waals surface area contributed by atoms with Crippen molar-refractivity contribution in [2.75, 3.05) is 14.2 Å². The maximum atomic E-state index is 12.2. The zero-order valence-corrected chi connectivity index (χ0v) is 13.2. The molecule has 0 saturated heterocycles. The lowest BCUT2D eigenvalue weighted by atomic mass is 10.2. The van der Waals surface area contributed by atoms with Crippen molar-refractivity contribution in [3.8, 4) is 23.0 Å². The second kappa shape index (κ2) is 7.35. The molecule has 0 aliphatic carbocycles. The minimum absolute atomic E-state index is 0.0441. The van der Waals surface area contributed by atoms with Crippen molar-refractivity contribution in [1.29, 1.82) is 0 Å². The Labute approximate surface area is 134 Å². The molecule has 2 rings (SSSR count). The second-order valence-electron chi connectivity index (χ2n) is 4.69. The fourth-order valence-electron chi connectivity index (χ4n) is 2.03. The van der Waals surface area contributed by atoms with Crippen LogP contribution in [-0.2, 0) is 0 Å². The van der Waals surface area contributed by atoms with Gasteiger partial charge < -0.3 is 19.3 Å². The number of esters is 1. The maximum absolute atomic E-state index is 12.2. The van der Waals surface area contributed by atoms with Gasteiger partial charge in [0.2, 0.25) is 0 Å². The standard InChI is InChI=1S/C18H18O5/c1-4-5-12-6-9-15(17(10-12)22-3)23-18(20)13-7-8-14(19)16(11-13)21-2/h4-11,19H,1-3H3/b5-4+. The van der Waals surface area contributed by atoms with E-state index in [2.05, 4.69) is 0 Å². The third-order valence-electron chi connectivity index (χ3n) is 3.16. The lowest BCUT2D eigenvalue weighted by Gasteiger charge is -2.11. The Hall–Kier alpha value is -2.95. The highest BCUT2D eigenvalue weighted by atomic mass is 16.6. The Bertz CT molecular complexity index is 734. The minimum atomic E-state index is -0.569. The van der Waals surface area contributed by atoms with Crippen LogP contribution in [0.25, 0.3) is 6.08 Å². The van der Waals surface area contributed by atoms with Gasteiger partial charge in [0, 0.05) is 0 Å². The fraction of sp³-hybridized carbons (Fsp3) is 0.167. The second-order valence-corrected chi connectivity index (χ2v) is 4.69. The fourth-order valence-corrected chi connectivity index (χ4v) is 2.03.